The van der Waals surface area contributed by atoms with Crippen LogP contribution in [0.15, 0.2) is 0 Å². The van der Waals surface area contributed by atoms with E-state index in [1.165, 1.54) is 20.3 Å². The Labute approximate surface area is 105 Å². The summed E-state index contributed by atoms with van der Waals surface area (Å²) in [6, 6.07) is 0. The molecule has 1 heterocycles. The van der Waals surface area contributed by atoms with E-state index in [4.69, 9.17) is 0 Å². The molecule has 0 bridgehead atoms. The molecule has 0 nitrogen and oxygen atoms in total. The second-order valence-corrected chi connectivity index (χ2v) is 12.7. The summed E-state index contributed by atoms with van der Waals surface area (Å²) in [7, 11) is 15.8. The molecule has 0 amide bonds. The Morgan fingerprint density at radius 3 is 0.667 bits per heavy atom. The molecule has 72 valence electrons. The minimum atomic E-state index is 1.21. The smallest absolute Gasteiger partial charge is 0.0600 e. The molecule has 1 aliphatic rings. The van der Waals surface area contributed by atoms with Gasteiger partial charge in [-0.25, -0.2) is 0 Å². The van der Waals surface area contributed by atoms with E-state index in [2.05, 4.69) is 0 Å². The molecule has 1 saturated heterocycles. The van der Waals surface area contributed by atoms with Gasteiger partial charge >= 0.3 is 0 Å². The molecule has 1 aliphatic heterocycles. The molecular formula is C4H8S8. The minimum absolute atomic E-state index is 1.21. The molecule has 0 atom stereocenters. The Morgan fingerprint density at radius 2 is 0.500 bits per heavy atom. The Morgan fingerprint density at radius 1 is 0.333 bits per heavy atom. The van der Waals surface area contributed by atoms with E-state index in [1.807, 2.05) is 86.4 Å². The molecule has 12 heavy (non-hydrogen) atoms. The van der Waals surface area contributed by atoms with E-state index in [0.29, 0.717) is 0 Å². The van der Waals surface area contributed by atoms with Gasteiger partial charge in [-0.1, -0.05) is 86.4 Å². The second-order valence-electron chi connectivity index (χ2n) is 1.41. The fourth-order valence-corrected chi connectivity index (χ4v) is 13.7. The topological polar surface area (TPSA) is 0 Å². The molecule has 0 aliphatic carbocycles. The maximum atomic E-state index is 1.98. The largest absolute Gasteiger partial charge is 0.0814 e. The Kier molecular flexibility index (Phi) is 11.1. The van der Waals surface area contributed by atoms with Crippen molar-refractivity contribution in [3.63, 3.8) is 0 Å². The lowest BCUT2D eigenvalue weighted by Crippen LogP contribution is -1.69. The van der Waals surface area contributed by atoms with Crippen molar-refractivity contribution in [1.82, 2.24) is 0 Å². The average molecular weight is 313 g/mol. The molecule has 0 saturated carbocycles. The first-order chi connectivity index (χ1) is 6.00. The maximum Gasteiger partial charge on any atom is 0.0600 e. The van der Waals surface area contributed by atoms with E-state index >= 15 is 0 Å². The van der Waals surface area contributed by atoms with E-state index in [0.717, 1.165) is 0 Å². The standard InChI is InChI=1S/C4H8S8/c1-5-7-2-9-11-4-12-10-3-8-6-1/h1-4H2. The van der Waals surface area contributed by atoms with Crippen LogP contribution in [0.3, 0.4) is 0 Å². The van der Waals surface area contributed by atoms with Gasteiger partial charge in [0.2, 0.25) is 0 Å². The normalized spacial score (nSPS) is 24.0. The summed E-state index contributed by atoms with van der Waals surface area (Å²) in [4.78, 5) is 0. The summed E-state index contributed by atoms with van der Waals surface area (Å²) in [5.74, 6) is 0. The van der Waals surface area contributed by atoms with E-state index < -0.39 is 0 Å². The van der Waals surface area contributed by atoms with Crippen LogP contribution in [0.1, 0.15) is 0 Å². The van der Waals surface area contributed by atoms with Crippen molar-refractivity contribution in [3.8, 4) is 0 Å². The van der Waals surface area contributed by atoms with Crippen molar-refractivity contribution in [2.75, 3.05) is 20.3 Å². The zero-order valence-electron chi connectivity index (χ0n) is 6.09. The highest BCUT2D eigenvalue weighted by Crippen LogP contribution is 2.42. The number of hydrogen-bond donors (Lipinski definition) is 0. The monoisotopic (exact) mass is 312 g/mol. The Bertz CT molecular complexity index is 54.0. The third-order valence-electron chi connectivity index (χ3n) is 0.718. The zero-order valence-corrected chi connectivity index (χ0v) is 12.6. The molecule has 1 rings (SSSR count). The van der Waals surface area contributed by atoms with Crippen molar-refractivity contribution in [1.29, 1.82) is 0 Å². The summed E-state index contributed by atoms with van der Waals surface area (Å²) in [6.45, 7) is 0. The predicted octanol–water partition coefficient (Wildman–Crippen LogP) is 5.36. The molecule has 0 radical (unpaired) electrons. The lowest BCUT2D eigenvalue weighted by Gasteiger charge is -2.03. The van der Waals surface area contributed by atoms with Crippen LogP contribution < -0.4 is 0 Å². The van der Waals surface area contributed by atoms with Gasteiger partial charge in [0.1, 0.15) is 0 Å². The van der Waals surface area contributed by atoms with Gasteiger partial charge in [0.05, 0.1) is 20.3 Å². The first kappa shape index (κ1) is 12.9. The van der Waals surface area contributed by atoms with Crippen LogP contribution in [0.2, 0.25) is 0 Å². The first-order valence-electron chi connectivity index (χ1n) is 2.98. The molecule has 0 aromatic carbocycles. The van der Waals surface area contributed by atoms with Crippen LogP contribution in [0.4, 0.5) is 0 Å². The quantitative estimate of drug-likeness (QED) is 0.542. The van der Waals surface area contributed by atoms with Crippen LogP contribution in [0.5, 0.6) is 0 Å². The first-order valence-corrected chi connectivity index (χ1v) is 12.9. The second kappa shape index (κ2) is 10.3. The van der Waals surface area contributed by atoms with Gasteiger partial charge in [-0.3, -0.25) is 0 Å². The third-order valence-corrected chi connectivity index (χ3v) is 13.4. The number of rotatable bonds is 0. The van der Waals surface area contributed by atoms with Crippen LogP contribution in [-0.2, 0) is 0 Å². The van der Waals surface area contributed by atoms with E-state index in [-0.39, 0.29) is 0 Å². The fraction of sp³-hybridized carbons (Fsp3) is 1.00. The van der Waals surface area contributed by atoms with Gasteiger partial charge in [0.25, 0.3) is 0 Å². The Hall–Kier alpha value is 2.80. The maximum absolute atomic E-state index is 1.98. The highest BCUT2D eigenvalue weighted by molar-refractivity contribution is 8.92. The number of hydrogen-bond acceptors (Lipinski definition) is 8. The van der Waals surface area contributed by atoms with E-state index in [1.54, 1.807) is 0 Å². The fourth-order valence-electron chi connectivity index (χ4n) is 0.351. The summed E-state index contributed by atoms with van der Waals surface area (Å²) < 4.78 is 0. The molecule has 1 fully saturated rings. The third kappa shape index (κ3) is 8.14. The van der Waals surface area contributed by atoms with E-state index in [9.17, 15) is 0 Å². The lowest BCUT2D eigenvalue weighted by atomic mass is 11.9. The zero-order chi connectivity index (χ0) is 8.49. The molecule has 0 spiro atoms. The van der Waals surface area contributed by atoms with Crippen LogP contribution >= 0.6 is 86.4 Å². The van der Waals surface area contributed by atoms with Crippen LogP contribution in [0.25, 0.3) is 0 Å². The van der Waals surface area contributed by atoms with Gasteiger partial charge in [0.15, 0.2) is 0 Å². The molecule has 0 N–H and O–H groups in total. The average Bonchev–Trinajstić information content (AvgIpc) is 2.05. The molecule has 8 heteroatoms. The predicted molar refractivity (Wildman–Crippen MR) is 80.2 cm³/mol. The highest BCUT2D eigenvalue weighted by atomic mass is 33.2. The molecule has 0 aromatic rings. The van der Waals surface area contributed by atoms with Crippen molar-refractivity contribution in [3.05, 3.63) is 0 Å². The van der Waals surface area contributed by atoms with Crippen molar-refractivity contribution >= 4 is 86.4 Å². The molecule has 0 unspecified atom stereocenters. The van der Waals surface area contributed by atoms with Gasteiger partial charge in [-0.15, -0.1) is 0 Å². The van der Waals surface area contributed by atoms with Gasteiger partial charge in [-0.2, -0.15) is 0 Å². The van der Waals surface area contributed by atoms with Crippen molar-refractivity contribution in [2.24, 2.45) is 0 Å². The molecule has 0 aromatic heterocycles. The van der Waals surface area contributed by atoms with Crippen LogP contribution in [-0.4, -0.2) is 20.3 Å². The van der Waals surface area contributed by atoms with Crippen LogP contribution in [0, 0.1) is 0 Å². The van der Waals surface area contributed by atoms with Gasteiger partial charge in [-0.05, 0) is 0 Å². The van der Waals surface area contributed by atoms with Gasteiger partial charge in [0, 0.05) is 0 Å². The van der Waals surface area contributed by atoms with Gasteiger partial charge < -0.3 is 0 Å². The highest BCUT2D eigenvalue weighted by Gasteiger charge is 1.98. The minimum Gasteiger partial charge on any atom is -0.0814 e. The van der Waals surface area contributed by atoms with Crippen molar-refractivity contribution < 1.29 is 0 Å². The summed E-state index contributed by atoms with van der Waals surface area (Å²) in [5, 5.41) is 4.86. The Balaban J connectivity index is 2.00. The van der Waals surface area contributed by atoms with Crippen molar-refractivity contribution in [2.45, 2.75) is 0 Å². The summed E-state index contributed by atoms with van der Waals surface area (Å²) in [6.07, 6.45) is 0. The summed E-state index contributed by atoms with van der Waals surface area (Å²) >= 11 is 0. The lowest BCUT2D eigenvalue weighted by molar-refractivity contribution is 2.29. The SMILES string of the molecule is C1SSCSSCSSCSS1. The summed E-state index contributed by atoms with van der Waals surface area (Å²) in [5.41, 5.74) is 0. The molecular weight excluding hydrogens is 305 g/mol.